The minimum atomic E-state index is -0.299. The molecule has 1 aliphatic rings. The third-order valence-electron chi connectivity index (χ3n) is 3.78. The van der Waals surface area contributed by atoms with Gasteiger partial charge in [0.25, 0.3) is 0 Å². The van der Waals surface area contributed by atoms with Crippen LogP contribution < -0.4 is 9.80 Å². The maximum absolute atomic E-state index is 10.0. The smallest absolute Gasteiger partial charge is 0.134 e. The second kappa shape index (κ2) is 7.43. The molecular weight excluding hydrogens is 278 g/mol. The van der Waals surface area contributed by atoms with Crippen molar-refractivity contribution in [2.45, 2.75) is 25.5 Å². The van der Waals surface area contributed by atoms with Crippen LogP contribution in [0.2, 0.25) is 0 Å². The van der Waals surface area contributed by atoms with E-state index >= 15 is 0 Å². The van der Waals surface area contributed by atoms with Crippen LogP contribution in [0, 0.1) is 11.8 Å². The zero-order chi connectivity index (χ0) is 16.1. The van der Waals surface area contributed by atoms with Gasteiger partial charge in [-0.25, -0.2) is 9.97 Å². The predicted octanol–water partition coefficient (Wildman–Crippen LogP) is 0.437. The van der Waals surface area contributed by atoms with E-state index in [4.69, 9.17) is 0 Å². The number of β-amino-alcohol motifs (C(OH)–C–C–N with tert-alkyl or cyclic N) is 1. The number of nitrogens with zero attached hydrogens (tertiary/aromatic N) is 5. The van der Waals surface area contributed by atoms with Crippen molar-refractivity contribution in [2.75, 3.05) is 50.6 Å². The number of aromatic nitrogens is 2. The molecule has 6 heteroatoms. The molecule has 2 heterocycles. The Labute approximate surface area is 132 Å². The van der Waals surface area contributed by atoms with E-state index in [0.717, 1.165) is 24.6 Å². The van der Waals surface area contributed by atoms with Crippen molar-refractivity contribution in [2.24, 2.45) is 0 Å². The summed E-state index contributed by atoms with van der Waals surface area (Å²) in [5.41, 5.74) is 0. The Bertz CT molecular complexity index is 551. The molecule has 1 aliphatic heterocycles. The second-order valence-electron chi connectivity index (χ2n) is 5.98. The Morgan fingerprint density at radius 2 is 2.14 bits per heavy atom. The zero-order valence-corrected chi connectivity index (χ0v) is 13.8. The van der Waals surface area contributed by atoms with Crippen LogP contribution in [0.5, 0.6) is 0 Å². The van der Waals surface area contributed by atoms with Crippen molar-refractivity contribution in [3.05, 3.63) is 12.4 Å². The number of hydrogen-bond donors (Lipinski definition) is 1. The van der Waals surface area contributed by atoms with Crippen LogP contribution in [-0.2, 0) is 0 Å². The summed E-state index contributed by atoms with van der Waals surface area (Å²) >= 11 is 0. The molecule has 0 saturated carbocycles. The molecule has 2 rings (SSSR count). The summed E-state index contributed by atoms with van der Waals surface area (Å²) in [6.45, 7) is 3.98. The molecule has 22 heavy (non-hydrogen) atoms. The number of aliphatic hydroxyl groups is 1. The predicted molar refractivity (Wildman–Crippen MR) is 89.1 cm³/mol. The lowest BCUT2D eigenvalue weighted by Crippen LogP contribution is -2.38. The van der Waals surface area contributed by atoms with Gasteiger partial charge in [-0.3, -0.25) is 0 Å². The molecule has 0 aromatic carbocycles. The highest BCUT2D eigenvalue weighted by Gasteiger charge is 2.32. The van der Waals surface area contributed by atoms with Crippen LogP contribution >= 0.6 is 0 Å². The van der Waals surface area contributed by atoms with Gasteiger partial charge in [-0.1, -0.05) is 5.92 Å². The lowest BCUT2D eigenvalue weighted by atomic mass is 10.2. The fourth-order valence-electron chi connectivity index (χ4n) is 2.75. The summed E-state index contributed by atoms with van der Waals surface area (Å²) in [6.07, 6.45) is 2.05. The number of aliphatic hydroxyl groups excluding tert-OH is 1. The monoisotopic (exact) mass is 303 g/mol. The number of rotatable bonds is 5. The average Bonchev–Trinajstić information content (AvgIpc) is 2.84. The lowest BCUT2D eigenvalue weighted by Gasteiger charge is -2.28. The van der Waals surface area contributed by atoms with Gasteiger partial charge < -0.3 is 19.8 Å². The van der Waals surface area contributed by atoms with Gasteiger partial charge in [-0.05, 0) is 27.4 Å². The van der Waals surface area contributed by atoms with Gasteiger partial charge >= 0.3 is 0 Å². The molecule has 1 saturated heterocycles. The van der Waals surface area contributed by atoms with E-state index in [1.165, 1.54) is 0 Å². The zero-order valence-electron chi connectivity index (χ0n) is 13.8. The van der Waals surface area contributed by atoms with Gasteiger partial charge in [0.2, 0.25) is 0 Å². The summed E-state index contributed by atoms with van der Waals surface area (Å²) < 4.78 is 0. The van der Waals surface area contributed by atoms with Crippen LogP contribution in [0.15, 0.2) is 12.4 Å². The van der Waals surface area contributed by atoms with Crippen molar-refractivity contribution in [1.82, 2.24) is 14.9 Å². The van der Waals surface area contributed by atoms with E-state index in [0.29, 0.717) is 13.1 Å². The van der Waals surface area contributed by atoms with E-state index in [-0.39, 0.29) is 12.1 Å². The molecule has 1 N–H and O–H groups in total. The molecule has 0 amide bonds. The summed E-state index contributed by atoms with van der Waals surface area (Å²) in [7, 11) is 6.06. The summed E-state index contributed by atoms with van der Waals surface area (Å²) in [6, 6.07) is 2.24. The molecule has 0 unspecified atom stereocenters. The highest BCUT2D eigenvalue weighted by Crippen LogP contribution is 2.26. The van der Waals surface area contributed by atoms with Crippen molar-refractivity contribution < 1.29 is 5.11 Å². The Balaban J connectivity index is 2.18. The number of anilines is 2. The standard InChI is InChI=1S/C16H25N5O/c1-5-6-7-20(4)15-9-16(18-12-17-15)21-11-14(22)8-13(21)10-19(2)3/h9,12-14,22H,7-8,10-11H2,1-4H3/t13-,14-/m1/s1. The third kappa shape index (κ3) is 4.09. The SMILES string of the molecule is CC#CCN(C)c1cc(N2C[C@H](O)C[C@@H]2CN(C)C)ncn1. The summed E-state index contributed by atoms with van der Waals surface area (Å²) in [4.78, 5) is 15.0. The third-order valence-corrected chi connectivity index (χ3v) is 3.78. The fourth-order valence-corrected chi connectivity index (χ4v) is 2.75. The molecular formula is C16H25N5O. The first-order valence-corrected chi connectivity index (χ1v) is 7.53. The van der Waals surface area contributed by atoms with Gasteiger partial charge in [-0.2, -0.15) is 0 Å². The average molecular weight is 303 g/mol. The molecule has 0 bridgehead atoms. The van der Waals surface area contributed by atoms with E-state index in [1.807, 2.05) is 39.0 Å². The highest BCUT2D eigenvalue weighted by atomic mass is 16.3. The van der Waals surface area contributed by atoms with Gasteiger partial charge in [-0.15, -0.1) is 5.92 Å². The molecule has 120 valence electrons. The Hall–Kier alpha value is -1.84. The van der Waals surface area contributed by atoms with Crippen LogP contribution in [0.3, 0.4) is 0 Å². The minimum absolute atomic E-state index is 0.272. The molecule has 1 fully saturated rings. The molecule has 1 aromatic heterocycles. The minimum Gasteiger partial charge on any atom is -0.391 e. The molecule has 6 nitrogen and oxygen atoms in total. The Morgan fingerprint density at radius 3 is 2.82 bits per heavy atom. The maximum Gasteiger partial charge on any atom is 0.134 e. The molecule has 0 spiro atoms. The molecule has 1 aromatic rings. The lowest BCUT2D eigenvalue weighted by molar-refractivity contribution is 0.191. The van der Waals surface area contributed by atoms with Gasteiger partial charge in [0.1, 0.15) is 18.0 Å². The van der Waals surface area contributed by atoms with Crippen LogP contribution in [0.1, 0.15) is 13.3 Å². The van der Waals surface area contributed by atoms with Gasteiger partial charge in [0.05, 0.1) is 12.6 Å². The van der Waals surface area contributed by atoms with Gasteiger partial charge in [0.15, 0.2) is 0 Å². The Kier molecular flexibility index (Phi) is 5.58. The molecule has 0 radical (unpaired) electrons. The summed E-state index contributed by atoms with van der Waals surface area (Å²) in [5, 5.41) is 10.0. The van der Waals surface area contributed by atoms with Gasteiger partial charge in [0, 0.05) is 32.2 Å². The van der Waals surface area contributed by atoms with Crippen molar-refractivity contribution in [3.8, 4) is 11.8 Å². The van der Waals surface area contributed by atoms with Crippen LogP contribution in [0.4, 0.5) is 11.6 Å². The normalized spacial score (nSPS) is 20.9. The fraction of sp³-hybridized carbons (Fsp3) is 0.625. The van der Waals surface area contributed by atoms with Crippen molar-refractivity contribution in [1.29, 1.82) is 0 Å². The largest absolute Gasteiger partial charge is 0.391 e. The van der Waals surface area contributed by atoms with E-state index in [9.17, 15) is 5.11 Å². The van der Waals surface area contributed by atoms with Crippen molar-refractivity contribution in [3.63, 3.8) is 0 Å². The molecule has 0 aliphatic carbocycles. The summed E-state index contributed by atoms with van der Waals surface area (Å²) in [5.74, 6) is 7.63. The second-order valence-corrected chi connectivity index (χ2v) is 5.98. The topological polar surface area (TPSA) is 55.7 Å². The highest BCUT2D eigenvalue weighted by molar-refractivity contribution is 5.51. The first kappa shape index (κ1) is 16.5. The Morgan fingerprint density at radius 1 is 1.36 bits per heavy atom. The first-order chi connectivity index (χ1) is 10.5. The van der Waals surface area contributed by atoms with E-state index in [1.54, 1.807) is 6.33 Å². The number of hydrogen-bond acceptors (Lipinski definition) is 6. The van der Waals surface area contributed by atoms with Crippen LogP contribution in [0.25, 0.3) is 0 Å². The number of likely N-dealkylation sites (N-methyl/N-ethyl adjacent to an activating group) is 1. The quantitative estimate of drug-likeness (QED) is 0.797. The first-order valence-electron chi connectivity index (χ1n) is 7.53. The van der Waals surface area contributed by atoms with Crippen molar-refractivity contribution >= 4 is 11.6 Å². The molecule has 2 atom stereocenters. The maximum atomic E-state index is 10.0. The van der Waals surface area contributed by atoms with E-state index in [2.05, 4.69) is 31.6 Å². The van der Waals surface area contributed by atoms with E-state index < -0.39 is 0 Å². The van der Waals surface area contributed by atoms with Crippen LogP contribution in [-0.4, -0.2) is 72.9 Å².